The molecule has 1 aromatic heterocycles. The van der Waals surface area contributed by atoms with Crippen molar-refractivity contribution in [2.45, 2.75) is 13.2 Å². The van der Waals surface area contributed by atoms with Gasteiger partial charge in [0.15, 0.2) is 11.5 Å². The van der Waals surface area contributed by atoms with Crippen LogP contribution in [-0.4, -0.2) is 33.9 Å². The number of benzene rings is 2. The molecule has 0 unspecified atom stereocenters. The first-order valence-corrected chi connectivity index (χ1v) is 9.85. The van der Waals surface area contributed by atoms with Crippen LogP contribution in [0.3, 0.4) is 0 Å². The first-order chi connectivity index (χ1) is 15.4. The number of hydrazone groups is 1. The maximum Gasteiger partial charge on any atom is 0.307 e. The highest BCUT2D eigenvalue weighted by molar-refractivity contribution is 6.35. The van der Waals surface area contributed by atoms with E-state index in [0.717, 1.165) is 22.6 Å². The fourth-order valence-electron chi connectivity index (χ4n) is 2.57. The van der Waals surface area contributed by atoms with Crippen molar-refractivity contribution in [3.63, 3.8) is 0 Å². The van der Waals surface area contributed by atoms with Crippen LogP contribution in [0.15, 0.2) is 53.9 Å². The van der Waals surface area contributed by atoms with Gasteiger partial charge in [0.05, 0.1) is 18.2 Å². The van der Waals surface area contributed by atoms with E-state index in [2.05, 4.69) is 15.6 Å². The van der Waals surface area contributed by atoms with Crippen LogP contribution in [0.25, 0.3) is 0 Å². The molecule has 12 heteroatoms. The van der Waals surface area contributed by atoms with Gasteiger partial charge < -0.3 is 9.47 Å². The third kappa shape index (κ3) is 6.19. The van der Waals surface area contributed by atoms with Crippen molar-refractivity contribution in [1.29, 1.82) is 0 Å². The summed E-state index contributed by atoms with van der Waals surface area (Å²) in [7, 11) is 1.50. The fraction of sp³-hybridized carbons (Fsp3) is 0.150. The van der Waals surface area contributed by atoms with Crippen LogP contribution in [-0.2, 0) is 17.9 Å². The quantitative estimate of drug-likeness (QED) is 0.284. The molecule has 0 fully saturated rings. The first kappa shape index (κ1) is 23.0. The van der Waals surface area contributed by atoms with Gasteiger partial charge in [-0.25, -0.2) is 5.43 Å². The van der Waals surface area contributed by atoms with Crippen molar-refractivity contribution in [3.05, 3.63) is 80.1 Å². The van der Waals surface area contributed by atoms with Crippen LogP contribution in [0.2, 0.25) is 10.0 Å². The standard InChI is InChI=1S/C20H17Cl2N5O5/c1-31-19-6-13(2-5-18(19)32-12-14-3-4-15(21)7-17(14)22)8-23-25-20(28)11-26-10-16(9-24-26)27(29)30/h2-10H,11-12H2,1H3,(H,25,28)/b23-8+. The number of aromatic nitrogens is 2. The number of hydrogen-bond donors (Lipinski definition) is 1. The van der Waals surface area contributed by atoms with E-state index < -0.39 is 10.8 Å². The Morgan fingerprint density at radius 3 is 2.78 bits per heavy atom. The van der Waals surface area contributed by atoms with Crippen LogP contribution in [0, 0.1) is 10.1 Å². The molecule has 3 aromatic rings. The second kappa shape index (κ2) is 10.6. The molecule has 0 saturated heterocycles. The van der Waals surface area contributed by atoms with Crippen molar-refractivity contribution >= 4 is 41.0 Å². The zero-order chi connectivity index (χ0) is 23.1. The number of rotatable bonds is 9. The zero-order valence-corrected chi connectivity index (χ0v) is 18.2. The fourth-order valence-corrected chi connectivity index (χ4v) is 3.04. The van der Waals surface area contributed by atoms with Gasteiger partial charge in [-0.05, 0) is 35.9 Å². The van der Waals surface area contributed by atoms with Gasteiger partial charge in [0.25, 0.3) is 5.91 Å². The lowest BCUT2D eigenvalue weighted by Gasteiger charge is -2.12. The zero-order valence-electron chi connectivity index (χ0n) is 16.7. The van der Waals surface area contributed by atoms with Crippen molar-refractivity contribution in [1.82, 2.24) is 15.2 Å². The van der Waals surface area contributed by atoms with E-state index in [0.29, 0.717) is 27.1 Å². The van der Waals surface area contributed by atoms with Gasteiger partial charge in [-0.15, -0.1) is 0 Å². The Bertz CT molecular complexity index is 1170. The number of nitrogens with one attached hydrogen (secondary N) is 1. The Hall–Kier alpha value is -3.63. The molecule has 0 aliphatic heterocycles. The number of ether oxygens (including phenoxy) is 2. The summed E-state index contributed by atoms with van der Waals surface area (Å²) < 4.78 is 12.3. The van der Waals surface area contributed by atoms with Gasteiger partial charge in [-0.3, -0.25) is 19.6 Å². The van der Waals surface area contributed by atoms with Gasteiger partial charge in [-0.2, -0.15) is 10.2 Å². The largest absolute Gasteiger partial charge is 0.493 e. The summed E-state index contributed by atoms with van der Waals surface area (Å²) in [5, 5.41) is 19.3. The second-order valence-corrected chi connectivity index (χ2v) is 7.22. The van der Waals surface area contributed by atoms with Crippen LogP contribution >= 0.6 is 23.2 Å². The van der Waals surface area contributed by atoms with Crippen molar-refractivity contribution in [2.75, 3.05) is 7.11 Å². The lowest BCUT2D eigenvalue weighted by molar-refractivity contribution is -0.385. The van der Waals surface area contributed by atoms with Gasteiger partial charge >= 0.3 is 5.69 Å². The Morgan fingerprint density at radius 1 is 1.28 bits per heavy atom. The van der Waals surface area contributed by atoms with Gasteiger partial charge in [0.2, 0.25) is 0 Å². The predicted molar refractivity (Wildman–Crippen MR) is 118 cm³/mol. The van der Waals surface area contributed by atoms with Gasteiger partial charge in [0, 0.05) is 15.6 Å². The predicted octanol–water partition coefficient (Wildman–Crippen LogP) is 3.84. The molecule has 0 saturated carbocycles. The Kier molecular flexibility index (Phi) is 7.63. The maximum absolute atomic E-state index is 11.9. The number of hydrogen-bond acceptors (Lipinski definition) is 7. The molecule has 1 amide bonds. The molecule has 10 nitrogen and oxygen atoms in total. The van der Waals surface area contributed by atoms with E-state index in [1.54, 1.807) is 36.4 Å². The highest BCUT2D eigenvalue weighted by atomic mass is 35.5. The SMILES string of the molecule is COc1cc(/C=N/NC(=O)Cn2cc([N+](=O)[O-])cn2)ccc1OCc1ccc(Cl)cc1Cl. The minimum atomic E-state index is -0.593. The molecular formula is C20H17Cl2N5O5. The van der Waals surface area contributed by atoms with Gasteiger partial charge in [-0.1, -0.05) is 29.3 Å². The topological polar surface area (TPSA) is 121 Å². The summed E-state index contributed by atoms with van der Waals surface area (Å²) in [5.74, 6) is 0.472. The Morgan fingerprint density at radius 2 is 2.09 bits per heavy atom. The normalized spacial score (nSPS) is 10.8. The van der Waals surface area contributed by atoms with Crippen LogP contribution in [0.4, 0.5) is 5.69 Å². The molecule has 0 atom stereocenters. The molecule has 166 valence electrons. The highest BCUT2D eigenvalue weighted by Gasteiger charge is 2.11. The molecule has 1 N–H and O–H groups in total. The van der Waals surface area contributed by atoms with E-state index in [-0.39, 0.29) is 18.8 Å². The van der Waals surface area contributed by atoms with E-state index in [1.807, 2.05) is 0 Å². The molecule has 0 aliphatic carbocycles. The summed E-state index contributed by atoms with van der Waals surface area (Å²) in [6, 6.07) is 10.3. The van der Waals surface area contributed by atoms with E-state index in [9.17, 15) is 14.9 Å². The highest BCUT2D eigenvalue weighted by Crippen LogP contribution is 2.29. The van der Waals surface area contributed by atoms with E-state index in [1.165, 1.54) is 13.3 Å². The average Bonchev–Trinajstić information content (AvgIpc) is 3.22. The van der Waals surface area contributed by atoms with Crippen LogP contribution in [0.1, 0.15) is 11.1 Å². The third-order valence-corrected chi connectivity index (χ3v) is 4.71. The maximum atomic E-state index is 11.9. The molecule has 0 aliphatic rings. The molecule has 0 spiro atoms. The van der Waals surface area contributed by atoms with E-state index >= 15 is 0 Å². The molecular weight excluding hydrogens is 461 g/mol. The van der Waals surface area contributed by atoms with Crippen LogP contribution < -0.4 is 14.9 Å². The summed E-state index contributed by atoms with van der Waals surface area (Å²) in [6.07, 6.45) is 3.64. The minimum Gasteiger partial charge on any atom is -0.493 e. The Balaban J connectivity index is 1.57. The number of methoxy groups -OCH3 is 1. The molecule has 3 rings (SSSR count). The molecule has 0 radical (unpaired) electrons. The monoisotopic (exact) mass is 477 g/mol. The molecule has 1 heterocycles. The lowest BCUT2D eigenvalue weighted by atomic mass is 10.2. The smallest absolute Gasteiger partial charge is 0.307 e. The Labute approximate surface area is 192 Å². The number of halogens is 2. The molecule has 0 bridgehead atoms. The van der Waals surface area contributed by atoms with Crippen molar-refractivity contribution in [3.8, 4) is 11.5 Å². The number of carbonyl (C=O) groups excluding carboxylic acids is 1. The van der Waals surface area contributed by atoms with E-state index in [4.69, 9.17) is 32.7 Å². The number of carbonyl (C=O) groups is 1. The summed E-state index contributed by atoms with van der Waals surface area (Å²) in [4.78, 5) is 22.0. The number of nitro groups is 1. The number of nitrogens with zero attached hydrogens (tertiary/aromatic N) is 4. The number of amides is 1. The van der Waals surface area contributed by atoms with Crippen LogP contribution in [0.5, 0.6) is 11.5 Å². The minimum absolute atomic E-state index is 0.200. The van der Waals surface area contributed by atoms with Crippen molar-refractivity contribution < 1.29 is 19.2 Å². The summed E-state index contributed by atoms with van der Waals surface area (Å²) in [5.41, 5.74) is 3.55. The lowest BCUT2D eigenvalue weighted by Crippen LogP contribution is -2.23. The van der Waals surface area contributed by atoms with Crippen molar-refractivity contribution in [2.24, 2.45) is 5.10 Å². The molecule has 2 aromatic carbocycles. The summed E-state index contributed by atoms with van der Waals surface area (Å²) >= 11 is 12.1. The summed E-state index contributed by atoms with van der Waals surface area (Å²) in [6.45, 7) is 0.00990. The molecule has 32 heavy (non-hydrogen) atoms. The second-order valence-electron chi connectivity index (χ2n) is 6.38. The average molecular weight is 478 g/mol. The first-order valence-electron chi connectivity index (χ1n) is 9.09. The van der Waals surface area contributed by atoms with Gasteiger partial charge in [0.1, 0.15) is 25.5 Å². The third-order valence-electron chi connectivity index (χ3n) is 4.12.